The smallest absolute Gasteiger partial charge is 0.0434 e. The van der Waals surface area contributed by atoms with Gasteiger partial charge in [0.1, 0.15) is 0 Å². The highest BCUT2D eigenvalue weighted by Crippen LogP contribution is 2.21. The summed E-state index contributed by atoms with van der Waals surface area (Å²) >= 11 is 0. The largest absolute Gasteiger partial charge is 0.396 e. The molecule has 0 amide bonds. The van der Waals surface area contributed by atoms with Gasteiger partial charge in [-0.1, -0.05) is 13.8 Å². The van der Waals surface area contributed by atoms with E-state index in [4.69, 9.17) is 10.8 Å². The molecule has 0 bridgehead atoms. The molecule has 0 spiro atoms. The van der Waals surface area contributed by atoms with E-state index in [1.165, 1.54) is 13.0 Å². The van der Waals surface area contributed by atoms with Crippen molar-refractivity contribution in [1.29, 1.82) is 0 Å². The molecule has 3 heteroatoms. The normalized spacial score (nSPS) is 25.0. The van der Waals surface area contributed by atoms with E-state index in [0.29, 0.717) is 24.4 Å². The van der Waals surface area contributed by atoms with Crippen molar-refractivity contribution in [1.82, 2.24) is 4.90 Å². The monoisotopic (exact) mass is 214 g/mol. The van der Waals surface area contributed by atoms with E-state index < -0.39 is 0 Å². The minimum atomic E-state index is 0.336. The fourth-order valence-corrected chi connectivity index (χ4v) is 2.39. The number of aliphatic hydroxyl groups is 1. The van der Waals surface area contributed by atoms with Crippen LogP contribution in [0.15, 0.2) is 0 Å². The van der Waals surface area contributed by atoms with Crippen LogP contribution in [0.1, 0.15) is 26.7 Å². The van der Waals surface area contributed by atoms with E-state index in [0.717, 1.165) is 26.1 Å². The first kappa shape index (κ1) is 12.9. The lowest BCUT2D eigenvalue weighted by Gasteiger charge is -2.25. The lowest BCUT2D eigenvalue weighted by atomic mass is 9.95. The van der Waals surface area contributed by atoms with Gasteiger partial charge in [-0.3, -0.25) is 0 Å². The second-order valence-electron chi connectivity index (χ2n) is 5.17. The number of hydrogen-bond acceptors (Lipinski definition) is 3. The van der Waals surface area contributed by atoms with Crippen LogP contribution in [0.3, 0.4) is 0 Å². The number of hydrogen-bond donors (Lipinski definition) is 2. The number of likely N-dealkylation sites (tertiary alicyclic amines) is 1. The molecule has 1 fully saturated rings. The van der Waals surface area contributed by atoms with Crippen LogP contribution in [0.5, 0.6) is 0 Å². The molecule has 2 atom stereocenters. The minimum Gasteiger partial charge on any atom is -0.396 e. The van der Waals surface area contributed by atoms with Crippen molar-refractivity contribution in [3.05, 3.63) is 0 Å². The van der Waals surface area contributed by atoms with E-state index >= 15 is 0 Å². The molecular formula is C12H26N2O. The highest BCUT2D eigenvalue weighted by molar-refractivity contribution is 4.78. The molecule has 1 saturated heterocycles. The first-order valence-electron chi connectivity index (χ1n) is 6.20. The van der Waals surface area contributed by atoms with Gasteiger partial charge in [-0.05, 0) is 43.7 Å². The Morgan fingerprint density at radius 3 is 2.73 bits per heavy atom. The lowest BCUT2D eigenvalue weighted by Crippen LogP contribution is -2.34. The third-order valence-corrected chi connectivity index (χ3v) is 3.65. The zero-order valence-electron chi connectivity index (χ0n) is 10.2. The van der Waals surface area contributed by atoms with Crippen LogP contribution in [0.2, 0.25) is 0 Å². The molecule has 0 aromatic heterocycles. The number of rotatable bonds is 6. The molecule has 2 unspecified atom stereocenters. The molecule has 1 rings (SSSR count). The van der Waals surface area contributed by atoms with Gasteiger partial charge in [-0.2, -0.15) is 0 Å². The van der Waals surface area contributed by atoms with Gasteiger partial charge in [0.2, 0.25) is 0 Å². The third-order valence-electron chi connectivity index (χ3n) is 3.65. The molecule has 1 aliphatic rings. The fourth-order valence-electron chi connectivity index (χ4n) is 2.39. The number of nitrogens with zero attached hydrogens (tertiary/aromatic N) is 1. The maximum absolute atomic E-state index is 8.89. The lowest BCUT2D eigenvalue weighted by molar-refractivity contribution is 0.221. The number of aliphatic hydroxyl groups excluding tert-OH is 1. The van der Waals surface area contributed by atoms with Crippen molar-refractivity contribution >= 4 is 0 Å². The second-order valence-corrected chi connectivity index (χ2v) is 5.17. The summed E-state index contributed by atoms with van der Waals surface area (Å²) < 4.78 is 0. The molecule has 1 heterocycles. The van der Waals surface area contributed by atoms with Gasteiger partial charge in [-0.15, -0.1) is 0 Å². The molecule has 1 aliphatic heterocycles. The fraction of sp³-hybridized carbons (Fsp3) is 1.00. The second kappa shape index (κ2) is 6.46. The van der Waals surface area contributed by atoms with Crippen molar-refractivity contribution in [2.24, 2.45) is 23.5 Å². The molecule has 0 radical (unpaired) electrons. The Labute approximate surface area is 93.6 Å². The first-order chi connectivity index (χ1) is 7.17. The number of nitrogens with two attached hydrogens (primary N) is 1. The van der Waals surface area contributed by atoms with Crippen LogP contribution in [0, 0.1) is 17.8 Å². The van der Waals surface area contributed by atoms with Crippen molar-refractivity contribution < 1.29 is 5.11 Å². The van der Waals surface area contributed by atoms with Crippen LogP contribution in [0.25, 0.3) is 0 Å². The summed E-state index contributed by atoms with van der Waals surface area (Å²) in [4.78, 5) is 2.51. The van der Waals surface area contributed by atoms with Gasteiger partial charge in [0.05, 0.1) is 0 Å². The Morgan fingerprint density at radius 1 is 1.47 bits per heavy atom. The van der Waals surface area contributed by atoms with Crippen LogP contribution < -0.4 is 5.73 Å². The van der Waals surface area contributed by atoms with Crippen LogP contribution in [-0.2, 0) is 0 Å². The van der Waals surface area contributed by atoms with Crippen molar-refractivity contribution in [2.45, 2.75) is 26.7 Å². The van der Waals surface area contributed by atoms with E-state index in [2.05, 4.69) is 18.7 Å². The van der Waals surface area contributed by atoms with Crippen LogP contribution in [0.4, 0.5) is 0 Å². The van der Waals surface area contributed by atoms with Crippen LogP contribution in [-0.4, -0.2) is 42.8 Å². The molecular weight excluding hydrogens is 188 g/mol. The molecule has 15 heavy (non-hydrogen) atoms. The van der Waals surface area contributed by atoms with Gasteiger partial charge in [0, 0.05) is 19.7 Å². The molecule has 0 saturated carbocycles. The maximum Gasteiger partial charge on any atom is 0.0434 e. The standard InChI is InChI=1S/C12H26N2O/c1-10(2)12(7-13)9-14-5-3-11(8-14)4-6-15/h10-12,15H,3-9,13H2,1-2H3. The molecule has 0 aromatic rings. The van der Waals surface area contributed by atoms with Gasteiger partial charge < -0.3 is 15.7 Å². The summed E-state index contributed by atoms with van der Waals surface area (Å²) in [6.07, 6.45) is 2.21. The Bertz CT molecular complexity index is 173. The van der Waals surface area contributed by atoms with Gasteiger partial charge in [0.15, 0.2) is 0 Å². The van der Waals surface area contributed by atoms with Gasteiger partial charge >= 0.3 is 0 Å². The summed E-state index contributed by atoms with van der Waals surface area (Å²) in [7, 11) is 0. The summed E-state index contributed by atoms with van der Waals surface area (Å²) in [6.45, 7) is 9.10. The Kier molecular flexibility index (Phi) is 5.58. The third kappa shape index (κ3) is 4.09. The summed E-state index contributed by atoms with van der Waals surface area (Å²) in [5.41, 5.74) is 5.78. The van der Waals surface area contributed by atoms with E-state index in [9.17, 15) is 0 Å². The SMILES string of the molecule is CC(C)C(CN)CN1CCC(CCO)C1. The zero-order chi connectivity index (χ0) is 11.3. The van der Waals surface area contributed by atoms with E-state index in [1.807, 2.05) is 0 Å². The average molecular weight is 214 g/mol. The van der Waals surface area contributed by atoms with Gasteiger partial charge in [0.25, 0.3) is 0 Å². The molecule has 0 aromatic carbocycles. The summed E-state index contributed by atoms with van der Waals surface area (Å²) in [6, 6.07) is 0. The highest BCUT2D eigenvalue weighted by atomic mass is 16.3. The highest BCUT2D eigenvalue weighted by Gasteiger charge is 2.24. The van der Waals surface area contributed by atoms with E-state index in [-0.39, 0.29) is 0 Å². The molecule has 3 nitrogen and oxygen atoms in total. The predicted octanol–water partition coefficient (Wildman–Crippen LogP) is 0.922. The first-order valence-corrected chi connectivity index (χ1v) is 6.20. The topological polar surface area (TPSA) is 49.5 Å². The van der Waals surface area contributed by atoms with Gasteiger partial charge in [-0.25, -0.2) is 0 Å². The molecule has 3 N–H and O–H groups in total. The minimum absolute atomic E-state index is 0.336. The van der Waals surface area contributed by atoms with E-state index in [1.54, 1.807) is 0 Å². The van der Waals surface area contributed by atoms with Crippen LogP contribution >= 0.6 is 0 Å². The average Bonchev–Trinajstić information content (AvgIpc) is 2.62. The van der Waals surface area contributed by atoms with Crippen molar-refractivity contribution in [2.75, 3.05) is 32.8 Å². The summed E-state index contributed by atoms with van der Waals surface area (Å²) in [5, 5.41) is 8.89. The van der Waals surface area contributed by atoms with Crippen molar-refractivity contribution in [3.8, 4) is 0 Å². The van der Waals surface area contributed by atoms with Crippen molar-refractivity contribution in [3.63, 3.8) is 0 Å². The Hall–Kier alpha value is -0.120. The quantitative estimate of drug-likeness (QED) is 0.691. The Morgan fingerprint density at radius 2 is 2.20 bits per heavy atom. The Balaban J connectivity index is 2.28. The predicted molar refractivity (Wildman–Crippen MR) is 63.6 cm³/mol. The molecule has 0 aliphatic carbocycles. The zero-order valence-corrected chi connectivity index (χ0v) is 10.2. The summed E-state index contributed by atoms with van der Waals surface area (Å²) in [5.74, 6) is 2.00. The molecule has 90 valence electrons. The maximum atomic E-state index is 8.89.